The molecule has 0 saturated carbocycles. The second-order valence-corrected chi connectivity index (χ2v) is 6.58. The number of rotatable bonds is 4. The summed E-state index contributed by atoms with van der Waals surface area (Å²) < 4.78 is 18.9. The van der Waals surface area contributed by atoms with Gasteiger partial charge in [-0.1, -0.05) is 12.1 Å². The Bertz CT molecular complexity index is 1060. The first-order valence-electron chi connectivity index (χ1n) is 7.48. The molecule has 0 aliphatic heterocycles. The van der Waals surface area contributed by atoms with E-state index in [0.717, 1.165) is 27.1 Å². The molecule has 0 radical (unpaired) electrons. The second-order valence-electron chi connectivity index (χ2n) is 5.53. The molecule has 1 aromatic carbocycles. The molecule has 0 spiro atoms. The fourth-order valence-corrected chi connectivity index (χ4v) is 3.80. The number of aromatic nitrogens is 2. The Morgan fingerprint density at radius 1 is 1.20 bits per heavy atom. The molecule has 0 fully saturated rings. The van der Waals surface area contributed by atoms with Crippen molar-refractivity contribution in [1.29, 1.82) is 0 Å². The van der Waals surface area contributed by atoms with Gasteiger partial charge in [-0.15, -0.1) is 16.4 Å². The summed E-state index contributed by atoms with van der Waals surface area (Å²) >= 11 is 1.39. The standard InChI is InChI=1S/C18H12FN3O2S/c19-12-3-1-11(2-4-12)15-8-13-14(7-10-5-6-24-9-10)21-22-16(18(20)23)17(13)25-15/h1-6,8-9H,7H2,(H2,20,23). The number of carbonyl (C=O) groups is 1. The monoisotopic (exact) mass is 353 g/mol. The number of hydrogen-bond donors (Lipinski definition) is 1. The van der Waals surface area contributed by atoms with Crippen LogP contribution in [0, 0.1) is 5.82 Å². The topological polar surface area (TPSA) is 82.0 Å². The summed E-state index contributed by atoms with van der Waals surface area (Å²) in [5, 5.41) is 9.00. The Kier molecular flexibility index (Phi) is 3.77. The van der Waals surface area contributed by atoms with Gasteiger partial charge < -0.3 is 10.2 Å². The van der Waals surface area contributed by atoms with Gasteiger partial charge in [-0.05, 0) is 35.4 Å². The van der Waals surface area contributed by atoms with Crippen LogP contribution >= 0.6 is 11.3 Å². The SMILES string of the molecule is NC(=O)c1nnc(Cc2ccoc2)c2cc(-c3ccc(F)cc3)sc12. The van der Waals surface area contributed by atoms with E-state index in [0.29, 0.717) is 11.1 Å². The van der Waals surface area contributed by atoms with E-state index in [1.165, 1.54) is 23.5 Å². The molecular formula is C18H12FN3O2S. The maximum absolute atomic E-state index is 13.2. The highest BCUT2D eigenvalue weighted by molar-refractivity contribution is 7.22. The smallest absolute Gasteiger partial charge is 0.270 e. The van der Waals surface area contributed by atoms with E-state index in [2.05, 4.69) is 10.2 Å². The predicted octanol–water partition coefficient (Wildman–Crippen LogP) is 3.78. The van der Waals surface area contributed by atoms with E-state index >= 15 is 0 Å². The summed E-state index contributed by atoms with van der Waals surface area (Å²) in [6.45, 7) is 0. The van der Waals surface area contributed by atoms with Crippen molar-refractivity contribution >= 4 is 27.3 Å². The number of carbonyl (C=O) groups excluding carboxylic acids is 1. The van der Waals surface area contributed by atoms with Crippen molar-refractivity contribution < 1.29 is 13.6 Å². The molecule has 3 heterocycles. The molecule has 0 atom stereocenters. The summed E-state index contributed by atoms with van der Waals surface area (Å²) in [6.07, 6.45) is 3.76. The number of halogens is 1. The minimum atomic E-state index is -0.625. The van der Waals surface area contributed by atoms with Crippen molar-refractivity contribution in [2.75, 3.05) is 0 Å². The lowest BCUT2D eigenvalue weighted by Crippen LogP contribution is -2.14. The van der Waals surface area contributed by atoms with Crippen molar-refractivity contribution in [3.8, 4) is 10.4 Å². The fraction of sp³-hybridized carbons (Fsp3) is 0.0556. The molecular weight excluding hydrogens is 341 g/mol. The maximum atomic E-state index is 13.2. The van der Waals surface area contributed by atoms with Crippen LogP contribution in [0.1, 0.15) is 21.7 Å². The molecule has 2 N–H and O–H groups in total. The highest BCUT2D eigenvalue weighted by atomic mass is 32.1. The average molecular weight is 353 g/mol. The van der Waals surface area contributed by atoms with Gasteiger partial charge in [-0.2, -0.15) is 5.10 Å². The first-order valence-corrected chi connectivity index (χ1v) is 8.29. The zero-order chi connectivity index (χ0) is 17.4. The van der Waals surface area contributed by atoms with Crippen molar-refractivity contribution in [3.05, 3.63) is 71.7 Å². The number of furan rings is 1. The Balaban J connectivity index is 1.88. The summed E-state index contributed by atoms with van der Waals surface area (Å²) in [4.78, 5) is 12.6. The van der Waals surface area contributed by atoms with Gasteiger partial charge in [0.1, 0.15) is 5.82 Å². The maximum Gasteiger partial charge on any atom is 0.270 e. The molecule has 0 bridgehead atoms. The van der Waals surface area contributed by atoms with Gasteiger partial charge in [0.15, 0.2) is 5.69 Å². The van der Waals surface area contributed by atoms with Crippen LogP contribution in [0.5, 0.6) is 0 Å². The van der Waals surface area contributed by atoms with E-state index < -0.39 is 5.91 Å². The van der Waals surface area contributed by atoms with E-state index in [1.54, 1.807) is 24.7 Å². The lowest BCUT2D eigenvalue weighted by molar-refractivity contribution is 0.0996. The third-order valence-electron chi connectivity index (χ3n) is 3.84. The Morgan fingerprint density at radius 2 is 2.00 bits per heavy atom. The van der Waals surface area contributed by atoms with Gasteiger partial charge in [0.25, 0.3) is 5.91 Å². The highest BCUT2D eigenvalue weighted by Crippen LogP contribution is 2.36. The molecule has 4 rings (SSSR count). The Labute approximate surface area is 145 Å². The second kappa shape index (κ2) is 6.10. The number of amides is 1. The van der Waals surface area contributed by atoms with Gasteiger partial charge in [-0.25, -0.2) is 4.39 Å². The van der Waals surface area contributed by atoms with Crippen LogP contribution < -0.4 is 5.73 Å². The highest BCUT2D eigenvalue weighted by Gasteiger charge is 2.18. The molecule has 124 valence electrons. The largest absolute Gasteiger partial charge is 0.472 e. The minimum absolute atomic E-state index is 0.143. The normalized spacial score (nSPS) is 11.1. The van der Waals surface area contributed by atoms with Crippen LogP contribution in [-0.4, -0.2) is 16.1 Å². The lowest BCUT2D eigenvalue weighted by Gasteiger charge is -2.02. The zero-order valence-corrected chi connectivity index (χ0v) is 13.7. The third kappa shape index (κ3) is 2.89. The number of nitrogens with zero attached hydrogens (tertiary/aromatic N) is 2. The molecule has 25 heavy (non-hydrogen) atoms. The third-order valence-corrected chi connectivity index (χ3v) is 5.03. The van der Waals surface area contributed by atoms with Crippen LogP contribution in [0.15, 0.2) is 53.3 Å². The van der Waals surface area contributed by atoms with Gasteiger partial charge >= 0.3 is 0 Å². The summed E-state index contributed by atoms with van der Waals surface area (Å²) in [7, 11) is 0. The number of nitrogens with two attached hydrogens (primary N) is 1. The molecule has 4 aromatic rings. The van der Waals surface area contributed by atoms with Gasteiger partial charge in [0.2, 0.25) is 0 Å². The first kappa shape index (κ1) is 15.5. The molecule has 5 nitrogen and oxygen atoms in total. The van der Waals surface area contributed by atoms with E-state index in [1.807, 2.05) is 12.1 Å². The fourth-order valence-electron chi connectivity index (χ4n) is 2.63. The summed E-state index contributed by atoms with van der Waals surface area (Å²) in [6, 6.07) is 9.98. The molecule has 0 aliphatic carbocycles. The number of thiophene rings is 1. The van der Waals surface area contributed by atoms with Crippen LogP contribution in [-0.2, 0) is 6.42 Å². The molecule has 3 aromatic heterocycles. The van der Waals surface area contributed by atoms with Crippen LogP contribution in [0.2, 0.25) is 0 Å². The van der Waals surface area contributed by atoms with Crippen LogP contribution in [0.4, 0.5) is 4.39 Å². The van der Waals surface area contributed by atoms with Crippen molar-refractivity contribution in [3.63, 3.8) is 0 Å². The quantitative estimate of drug-likeness (QED) is 0.605. The van der Waals surface area contributed by atoms with Gasteiger partial charge in [-0.3, -0.25) is 4.79 Å². The molecule has 7 heteroatoms. The number of fused-ring (bicyclic) bond motifs is 1. The molecule has 0 unspecified atom stereocenters. The van der Waals surface area contributed by atoms with Crippen LogP contribution in [0.25, 0.3) is 20.5 Å². The molecule has 0 aliphatic rings. The minimum Gasteiger partial charge on any atom is -0.472 e. The van der Waals surface area contributed by atoms with E-state index in [-0.39, 0.29) is 11.5 Å². The number of primary amides is 1. The average Bonchev–Trinajstić information content (AvgIpc) is 3.25. The first-order chi connectivity index (χ1) is 12.1. The van der Waals surface area contributed by atoms with Crippen molar-refractivity contribution in [2.24, 2.45) is 5.73 Å². The summed E-state index contributed by atoms with van der Waals surface area (Å²) in [5.74, 6) is -0.925. The number of benzene rings is 1. The Hall–Kier alpha value is -3.06. The number of hydrogen-bond acceptors (Lipinski definition) is 5. The molecule has 0 saturated heterocycles. The van der Waals surface area contributed by atoms with Crippen LogP contribution in [0.3, 0.4) is 0 Å². The van der Waals surface area contributed by atoms with Gasteiger partial charge in [0, 0.05) is 16.7 Å². The summed E-state index contributed by atoms with van der Waals surface area (Å²) in [5.41, 5.74) is 8.11. The predicted molar refractivity (Wildman–Crippen MR) is 92.8 cm³/mol. The zero-order valence-electron chi connectivity index (χ0n) is 12.9. The van der Waals surface area contributed by atoms with Crippen molar-refractivity contribution in [1.82, 2.24) is 10.2 Å². The Morgan fingerprint density at radius 3 is 2.68 bits per heavy atom. The lowest BCUT2D eigenvalue weighted by atomic mass is 10.1. The van der Waals surface area contributed by atoms with E-state index in [9.17, 15) is 9.18 Å². The van der Waals surface area contributed by atoms with Crippen molar-refractivity contribution in [2.45, 2.75) is 6.42 Å². The van der Waals surface area contributed by atoms with E-state index in [4.69, 9.17) is 10.2 Å². The molecule has 1 amide bonds. The van der Waals surface area contributed by atoms with Gasteiger partial charge in [0.05, 0.1) is 22.9 Å².